The van der Waals surface area contributed by atoms with Gasteiger partial charge in [0.1, 0.15) is 5.69 Å². The minimum Gasteiger partial charge on any atom is -0.280 e. The van der Waals surface area contributed by atoms with Crippen LogP contribution in [-0.2, 0) is 10.0 Å². The molecule has 0 saturated carbocycles. The van der Waals surface area contributed by atoms with Crippen LogP contribution in [0, 0.1) is 22.9 Å². The number of rotatable bonds is 5. The molecule has 0 radical (unpaired) electrons. The van der Waals surface area contributed by atoms with E-state index in [1.54, 1.807) is 12.3 Å². The highest BCUT2D eigenvalue weighted by Crippen LogP contribution is 2.25. The minimum atomic E-state index is -4.13. The molecule has 0 aliphatic carbocycles. The van der Waals surface area contributed by atoms with E-state index in [1.807, 2.05) is 0 Å². The van der Waals surface area contributed by atoms with E-state index in [0.29, 0.717) is 5.56 Å². The topological polar surface area (TPSA) is 107 Å². The summed E-state index contributed by atoms with van der Waals surface area (Å²) in [6.45, 7) is 1.51. The first-order valence-corrected chi connectivity index (χ1v) is 8.84. The molecular weight excluding hydrogens is 363 g/mol. The fraction of sp³-hybridized carbons (Fsp3) is 0.0625. The number of aromatic nitrogens is 2. The van der Waals surface area contributed by atoms with Crippen LogP contribution in [-0.4, -0.2) is 23.1 Å². The number of sulfonamides is 1. The molecule has 134 valence electrons. The number of nitro benzene ring substituents is 1. The first-order valence-electron chi connectivity index (χ1n) is 7.35. The van der Waals surface area contributed by atoms with Crippen LogP contribution in [0.2, 0.25) is 0 Å². The molecule has 8 nitrogen and oxygen atoms in total. The summed E-state index contributed by atoms with van der Waals surface area (Å²) in [5.41, 5.74) is 0.127. The molecule has 3 aromatic rings. The lowest BCUT2D eigenvalue weighted by atomic mass is 10.2. The maximum Gasteiger partial charge on any atom is 0.270 e. The number of nitro groups is 1. The molecule has 0 unspecified atom stereocenters. The third kappa shape index (κ3) is 3.40. The Labute approximate surface area is 148 Å². The Hall–Kier alpha value is -3.27. The number of halogens is 1. The van der Waals surface area contributed by atoms with Crippen molar-refractivity contribution in [1.82, 2.24) is 9.78 Å². The second kappa shape index (κ2) is 6.56. The van der Waals surface area contributed by atoms with Gasteiger partial charge < -0.3 is 0 Å². The average molecular weight is 376 g/mol. The molecule has 0 spiro atoms. The number of anilines is 1. The largest absolute Gasteiger partial charge is 0.280 e. The van der Waals surface area contributed by atoms with E-state index in [1.165, 1.54) is 42.1 Å². The molecule has 0 fully saturated rings. The van der Waals surface area contributed by atoms with Crippen LogP contribution in [0.5, 0.6) is 0 Å². The van der Waals surface area contributed by atoms with Crippen LogP contribution >= 0.6 is 0 Å². The summed E-state index contributed by atoms with van der Waals surface area (Å²) in [4.78, 5) is 9.95. The first kappa shape index (κ1) is 17.5. The molecule has 1 N–H and O–H groups in total. The van der Waals surface area contributed by atoms with Crippen LogP contribution in [0.1, 0.15) is 5.56 Å². The van der Waals surface area contributed by atoms with E-state index < -0.39 is 20.8 Å². The number of hydrogen-bond donors (Lipinski definition) is 1. The van der Waals surface area contributed by atoms with Crippen molar-refractivity contribution in [3.05, 3.63) is 76.4 Å². The van der Waals surface area contributed by atoms with Gasteiger partial charge in [-0.2, -0.15) is 5.10 Å². The van der Waals surface area contributed by atoms with Gasteiger partial charge in [-0.1, -0.05) is 6.07 Å². The normalized spacial score (nSPS) is 11.3. The van der Waals surface area contributed by atoms with E-state index >= 15 is 0 Å². The maximum absolute atomic E-state index is 14.3. The van der Waals surface area contributed by atoms with Gasteiger partial charge in [0.25, 0.3) is 15.7 Å². The summed E-state index contributed by atoms with van der Waals surface area (Å²) in [6, 6.07) is 8.92. The summed E-state index contributed by atoms with van der Waals surface area (Å²) in [6.07, 6.45) is 3.04. The van der Waals surface area contributed by atoms with Crippen LogP contribution in [0.25, 0.3) is 5.69 Å². The van der Waals surface area contributed by atoms with E-state index in [-0.39, 0.29) is 22.0 Å². The highest BCUT2D eigenvalue weighted by molar-refractivity contribution is 7.92. The molecule has 0 bridgehead atoms. The quantitative estimate of drug-likeness (QED) is 0.544. The Balaban J connectivity index is 1.94. The van der Waals surface area contributed by atoms with E-state index in [4.69, 9.17) is 0 Å². The second-order valence-electron chi connectivity index (χ2n) is 5.43. The number of hydrogen-bond acceptors (Lipinski definition) is 5. The van der Waals surface area contributed by atoms with Gasteiger partial charge >= 0.3 is 0 Å². The molecule has 3 rings (SSSR count). The number of benzene rings is 2. The zero-order valence-electron chi connectivity index (χ0n) is 13.5. The lowest BCUT2D eigenvalue weighted by Crippen LogP contribution is -2.15. The van der Waals surface area contributed by atoms with Crippen LogP contribution in [0.4, 0.5) is 15.8 Å². The lowest BCUT2D eigenvalue weighted by molar-refractivity contribution is -0.385. The molecule has 0 aliphatic heterocycles. The number of aryl methyl sites for hydroxylation is 1. The Bertz CT molecular complexity index is 1080. The molecule has 0 amide bonds. The summed E-state index contributed by atoms with van der Waals surface area (Å²) >= 11 is 0. The van der Waals surface area contributed by atoms with Crippen molar-refractivity contribution in [2.75, 3.05) is 4.72 Å². The molecule has 26 heavy (non-hydrogen) atoms. The summed E-state index contributed by atoms with van der Waals surface area (Å²) in [7, 11) is -4.13. The Morgan fingerprint density at radius 2 is 2.00 bits per heavy atom. The van der Waals surface area contributed by atoms with E-state index in [2.05, 4.69) is 9.82 Å². The van der Waals surface area contributed by atoms with Gasteiger partial charge in [0.2, 0.25) is 0 Å². The van der Waals surface area contributed by atoms with Crippen molar-refractivity contribution >= 4 is 21.4 Å². The van der Waals surface area contributed by atoms with Crippen LogP contribution < -0.4 is 4.72 Å². The van der Waals surface area contributed by atoms with Gasteiger partial charge in [-0.25, -0.2) is 17.5 Å². The smallest absolute Gasteiger partial charge is 0.270 e. The lowest BCUT2D eigenvalue weighted by Gasteiger charge is -2.11. The van der Waals surface area contributed by atoms with E-state index in [9.17, 15) is 22.9 Å². The fourth-order valence-electron chi connectivity index (χ4n) is 2.37. The van der Waals surface area contributed by atoms with Gasteiger partial charge in [0, 0.05) is 30.6 Å². The van der Waals surface area contributed by atoms with Crippen molar-refractivity contribution in [3.8, 4) is 5.69 Å². The highest BCUT2D eigenvalue weighted by atomic mass is 32.2. The minimum absolute atomic E-state index is 0.00990. The SMILES string of the molecule is Cc1ccc([N+](=O)[O-])cc1S(=O)(=O)Nc1ccc(-n2cccn2)c(F)c1. The Kier molecular flexibility index (Phi) is 4.43. The maximum atomic E-state index is 14.3. The molecule has 10 heteroatoms. The van der Waals surface area contributed by atoms with Crippen molar-refractivity contribution < 1.29 is 17.7 Å². The second-order valence-corrected chi connectivity index (χ2v) is 7.08. The number of nitrogens with one attached hydrogen (secondary N) is 1. The van der Waals surface area contributed by atoms with Crippen molar-refractivity contribution in [2.45, 2.75) is 11.8 Å². The van der Waals surface area contributed by atoms with Gasteiger partial charge in [-0.05, 0) is 30.7 Å². The molecule has 0 aliphatic rings. The predicted molar refractivity (Wildman–Crippen MR) is 92.2 cm³/mol. The molecule has 2 aromatic carbocycles. The average Bonchev–Trinajstić information content (AvgIpc) is 3.08. The fourth-order valence-corrected chi connectivity index (χ4v) is 3.68. The van der Waals surface area contributed by atoms with Crippen LogP contribution in [0.3, 0.4) is 0 Å². The Morgan fingerprint density at radius 1 is 1.23 bits per heavy atom. The van der Waals surface area contributed by atoms with Crippen LogP contribution in [0.15, 0.2) is 59.8 Å². The number of non-ortho nitro benzene ring substituents is 1. The Morgan fingerprint density at radius 3 is 2.62 bits per heavy atom. The zero-order valence-corrected chi connectivity index (χ0v) is 14.3. The predicted octanol–water partition coefficient (Wildman–Crippen LogP) is 3.03. The first-order chi connectivity index (χ1) is 12.3. The summed E-state index contributed by atoms with van der Waals surface area (Å²) in [5, 5.41) is 14.8. The van der Waals surface area contributed by atoms with Gasteiger partial charge in [0.05, 0.1) is 15.5 Å². The standard InChI is InChI=1S/C16H13FN4O4S/c1-11-3-5-13(21(22)23)10-16(11)26(24,25)19-12-4-6-15(14(17)9-12)20-8-2-7-18-20/h2-10,19H,1H3. The summed E-state index contributed by atoms with van der Waals surface area (Å²) < 4.78 is 42.9. The monoisotopic (exact) mass is 376 g/mol. The number of nitrogens with zero attached hydrogens (tertiary/aromatic N) is 3. The van der Waals surface area contributed by atoms with Crippen molar-refractivity contribution in [2.24, 2.45) is 0 Å². The highest BCUT2D eigenvalue weighted by Gasteiger charge is 2.21. The third-order valence-electron chi connectivity index (χ3n) is 3.62. The zero-order chi connectivity index (χ0) is 18.9. The van der Waals surface area contributed by atoms with Gasteiger partial charge in [-0.15, -0.1) is 0 Å². The molecule has 1 heterocycles. The molecular formula is C16H13FN4O4S. The molecule has 1 aromatic heterocycles. The summed E-state index contributed by atoms with van der Waals surface area (Å²) in [5.74, 6) is -0.676. The third-order valence-corrected chi connectivity index (χ3v) is 5.15. The van der Waals surface area contributed by atoms with Crippen molar-refractivity contribution in [1.29, 1.82) is 0 Å². The van der Waals surface area contributed by atoms with E-state index in [0.717, 1.165) is 12.1 Å². The molecule has 0 saturated heterocycles. The van der Waals surface area contributed by atoms with Crippen molar-refractivity contribution in [3.63, 3.8) is 0 Å². The van der Waals surface area contributed by atoms with Gasteiger partial charge in [-0.3, -0.25) is 14.8 Å². The molecule has 0 atom stereocenters. The van der Waals surface area contributed by atoms with Gasteiger partial charge in [0.15, 0.2) is 5.82 Å².